The van der Waals surface area contributed by atoms with E-state index in [1.54, 1.807) is 6.07 Å². The van der Waals surface area contributed by atoms with Crippen molar-refractivity contribution in [3.05, 3.63) is 58.4 Å². The summed E-state index contributed by atoms with van der Waals surface area (Å²) in [6.45, 7) is -0.0460. The van der Waals surface area contributed by atoms with Crippen molar-refractivity contribution in [1.29, 1.82) is 5.26 Å². The van der Waals surface area contributed by atoms with Crippen LogP contribution in [0.3, 0.4) is 0 Å². The number of hydrogen-bond acceptors (Lipinski definition) is 6. The number of hydrogen-bond donors (Lipinski definition) is 1. The van der Waals surface area contributed by atoms with Crippen LogP contribution < -0.4 is 5.73 Å². The second kappa shape index (κ2) is 6.94. The van der Waals surface area contributed by atoms with Crippen LogP contribution in [0.4, 0.5) is 4.39 Å². The molecule has 1 aliphatic rings. The summed E-state index contributed by atoms with van der Waals surface area (Å²) < 4.78 is 28.7. The predicted molar refractivity (Wildman–Crippen MR) is 78.0 cm³/mol. The molecule has 2 rings (SSSR count). The van der Waals surface area contributed by atoms with Crippen molar-refractivity contribution in [1.82, 2.24) is 0 Å². The molecule has 1 aromatic rings. The number of allylic oxidation sites excluding steroid dienone is 1. The number of nitriles is 1. The lowest BCUT2D eigenvalue weighted by molar-refractivity contribution is -0.136. The largest absolute Gasteiger partial charge is 0.466 e. The van der Waals surface area contributed by atoms with Gasteiger partial charge in [0.15, 0.2) is 0 Å². The summed E-state index contributed by atoms with van der Waals surface area (Å²) in [6.07, 6.45) is 0. The molecule has 2 N–H and O–H groups in total. The van der Waals surface area contributed by atoms with Crippen molar-refractivity contribution in [2.75, 3.05) is 20.8 Å². The standard InChI is InChI=1S/C16H15FN2O4/c1-21-8-12-14(16(20)22-2)13(11(7-18)15(19)23-12)9-4-3-5-10(17)6-9/h3-6,13H,8,19H2,1-2H3. The van der Waals surface area contributed by atoms with Gasteiger partial charge in [0, 0.05) is 7.11 Å². The maximum Gasteiger partial charge on any atom is 0.338 e. The van der Waals surface area contributed by atoms with E-state index >= 15 is 0 Å². The van der Waals surface area contributed by atoms with Crippen molar-refractivity contribution >= 4 is 5.97 Å². The molecule has 0 spiro atoms. The highest BCUT2D eigenvalue weighted by molar-refractivity contribution is 5.92. The normalized spacial score (nSPS) is 17.6. The van der Waals surface area contributed by atoms with Crippen LogP contribution >= 0.6 is 0 Å². The number of carbonyl (C=O) groups excluding carboxylic acids is 1. The van der Waals surface area contributed by atoms with E-state index in [0.717, 1.165) is 0 Å². The molecule has 0 aliphatic carbocycles. The average molecular weight is 318 g/mol. The van der Waals surface area contributed by atoms with Crippen molar-refractivity contribution in [2.45, 2.75) is 5.92 Å². The first-order valence-electron chi connectivity index (χ1n) is 6.66. The van der Waals surface area contributed by atoms with E-state index in [2.05, 4.69) is 0 Å². The highest BCUT2D eigenvalue weighted by Crippen LogP contribution is 2.39. The Kier molecular flexibility index (Phi) is 4.98. The fourth-order valence-corrected chi connectivity index (χ4v) is 2.41. The lowest BCUT2D eigenvalue weighted by Crippen LogP contribution is -2.27. The van der Waals surface area contributed by atoms with Crippen molar-refractivity contribution in [3.63, 3.8) is 0 Å². The van der Waals surface area contributed by atoms with E-state index in [1.807, 2.05) is 6.07 Å². The molecular weight excluding hydrogens is 303 g/mol. The minimum Gasteiger partial charge on any atom is -0.466 e. The quantitative estimate of drug-likeness (QED) is 0.849. The number of nitrogens with zero attached hydrogens (tertiary/aromatic N) is 1. The Bertz CT molecular complexity index is 734. The monoisotopic (exact) mass is 318 g/mol. The van der Waals surface area contributed by atoms with Gasteiger partial charge in [-0.3, -0.25) is 0 Å². The van der Waals surface area contributed by atoms with Gasteiger partial charge in [-0.15, -0.1) is 0 Å². The van der Waals surface area contributed by atoms with Crippen molar-refractivity contribution < 1.29 is 23.4 Å². The fraction of sp³-hybridized carbons (Fsp3) is 0.250. The smallest absolute Gasteiger partial charge is 0.338 e. The van der Waals surface area contributed by atoms with Crippen LogP contribution in [0.5, 0.6) is 0 Å². The minimum atomic E-state index is -0.887. The maximum absolute atomic E-state index is 13.6. The first kappa shape index (κ1) is 16.5. The number of methoxy groups -OCH3 is 2. The summed E-state index contributed by atoms with van der Waals surface area (Å²) in [7, 11) is 2.62. The van der Waals surface area contributed by atoms with Gasteiger partial charge in [0.2, 0.25) is 5.88 Å². The van der Waals surface area contributed by atoms with Crippen LogP contribution in [0.1, 0.15) is 11.5 Å². The van der Waals surface area contributed by atoms with E-state index in [4.69, 9.17) is 19.9 Å². The molecule has 0 saturated carbocycles. The van der Waals surface area contributed by atoms with Gasteiger partial charge in [0.05, 0.1) is 18.6 Å². The molecule has 1 atom stereocenters. The Labute approximate surface area is 132 Å². The summed E-state index contributed by atoms with van der Waals surface area (Å²) in [4.78, 5) is 12.2. The number of ether oxygens (including phenoxy) is 3. The molecule has 0 bridgehead atoms. The molecule has 1 unspecified atom stereocenters. The third-order valence-corrected chi connectivity index (χ3v) is 3.36. The Balaban J connectivity index is 2.68. The minimum absolute atomic E-state index is 0.0100. The predicted octanol–water partition coefficient (Wildman–Crippen LogP) is 1.71. The molecule has 23 heavy (non-hydrogen) atoms. The van der Waals surface area contributed by atoms with Gasteiger partial charge >= 0.3 is 5.97 Å². The van der Waals surface area contributed by atoms with Crippen LogP contribution in [0.25, 0.3) is 0 Å². The molecule has 0 saturated heterocycles. The zero-order valence-electron chi connectivity index (χ0n) is 12.6. The van der Waals surface area contributed by atoms with E-state index in [1.165, 1.54) is 32.4 Å². The topological polar surface area (TPSA) is 94.6 Å². The van der Waals surface area contributed by atoms with Crippen LogP contribution in [-0.2, 0) is 19.0 Å². The van der Waals surface area contributed by atoms with Gasteiger partial charge in [-0.1, -0.05) is 12.1 Å². The third-order valence-electron chi connectivity index (χ3n) is 3.36. The number of benzene rings is 1. The third kappa shape index (κ3) is 3.17. The van der Waals surface area contributed by atoms with E-state index in [9.17, 15) is 14.4 Å². The highest BCUT2D eigenvalue weighted by Gasteiger charge is 2.37. The molecule has 0 radical (unpaired) electrons. The lowest BCUT2D eigenvalue weighted by Gasteiger charge is -2.27. The molecule has 1 aromatic carbocycles. The van der Waals surface area contributed by atoms with Gasteiger partial charge in [-0.05, 0) is 17.7 Å². The fourth-order valence-electron chi connectivity index (χ4n) is 2.41. The molecule has 1 aliphatic heterocycles. The van der Waals surface area contributed by atoms with Crippen LogP contribution in [0.2, 0.25) is 0 Å². The molecule has 0 amide bonds. The number of carbonyl (C=O) groups is 1. The Morgan fingerprint density at radius 2 is 2.22 bits per heavy atom. The molecule has 120 valence electrons. The summed E-state index contributed by atoms with van der Waals surface area (Å²) in [5, 5.41) is 9.38. The molecule has 0 aromatic heterocycles. The summed E-state index contributed by atoms with van der Waals surface area (Å²) in [5.41, 5.74) is 6.24. The SMILES string of the molecule is COCC1=C(C(=O)OC)C(c2cccc(F)c2)C(C#N)=C(N)O1. The molecule has 6 nitrogen and oxygen atoms in total. The number of rotatable bonds is 4. The molecule has 1 heterocycles. The van der Waals surface area contributed by atoms with Gasteiger partial charge in [-0.25, -0.2) is 9.18 Å². The second-order valence-electron chi connectivity index (χ2n) is 4.74. The van der Waals surface area contributed by atoms with E-state index < -0.39 is 17.7 Å². The van der Waals surface area contributed by atoms with Crippen LogP contribution in [0, 0.1) is 17.1 Å². The van der Waals surface area contributed by atoms with E-state index in [-0.39, 0.29) is 29.4 Å². The van der Waals surface area contributed by atoms with Gasteiger partial charge in [-0.2, -0.15) is 5.26 Å². The number of halogens is 1. The first-order valence-corrected chi connectivity index (χ1v) is 6.66. The molecule has 0 fully saturated rings. The summed E-state index contributed by atoms with van der Waals surface area (Å²) in [6, 6.07) is 7.49. The van der Waals surface area contributed by atoms with Crippen molar-refractivity contribution in [2.24, 2.45) is 5.73 Å². The summed E-state index contributed by atoms with van der Waals surface area (Å²) >= 11 is 0. The molecule has 7 heteroatoms. The zero-order valence-corrected chi connectivity index (χ0v) is 12.6. The second-order valence-corrected chi connectivity index (χ2v) is 4.74. The van der Waals surface area contributed by atoms with Crippen LogP contribution in [-0.4, -0.2) is 26.8 Å². The number of nitrogens with two attached hydrogens (primary N) is 1. The maximum atomic E-state index is 13.6. The van der Waals surface area contributed by atoms with Crippen molar-refractivity contribution in [3.8, 4) is 6.07 Å². The van der Waals surface area contributed by atoms with Crippen LogP contribution in [0.15, 0.2) is 47.1 Å². The summed E-state index contributed by atoms with van der Waals surface area (Å²) in [5.74, 6) is -2.11. The highest BCUT2D eigenvalue weighted by atomic mass is 19.1. The average Bonchev–Trinajstić information content (AvgIpc) is 2.54. The Morgan fingerprint density at radius 1 is 1.48 bits per heavy atom. The lowest BCUT2D eigenvalue weighted by atomic mass is 9.83. The Hall–Kier alpha value is -2.85. The Morgan fingerprint density at radius 3 is 2.78 bits per heavy atom. The zero-order chi connectivity index (χ0) is 17.0. The van der Waals surface area contributed by atoms with E-state index in [0.29, 0.717) is 5.56 Å². The number of esters is 1. The molecular formula is C16H15FN2O4. The first-order chi connectivity index (χ1) is 11.0. The van der Waals surface area contributed by atoms with Gasteiger partial charge in [0.1, 0.15) is 29.8 Å². The van der Waals surface area contributed by atoms with Gasteiger partial charge < -0.3 is 19.9 Å². The van der Waals surface area contributed by atoms with Gasteiger partial charge in [0.25, 0.3) is 0 Å².